The first-order chi connectivity index (χ1) is 11.0. The number of amides is 1. The van der Waals surface area contributed by atoms with Crippen molar-refractivity contribution in [3.63, 3.8) is 0 Å². The largest absolute Gasteiger partial charge is 0.364 e. The number of carbonyl (C=O) groups excluding carboxylic acids is 1. The van der Waals surface area contributed by atoms with Gasteiger partial charge < -0.3 is 14.7 Å². The molecule has 2 heterocycles. The minimum atomic E-state index is -3.42. The fourth-order valence-corrected chi connectivity index (χ4v) is 4.05. The minimum Gasteiger partial charge on any atom is -0.364 e. The zero-order valence-corrected chi connectivity index (χ0v) is 13.8. The molecule has 0 radical (unpaired) electrons. The van der Waals surface area contributed by atoms with E-state index in [1.54, 1.807) is 11.0 Å². The molecule has 23 heavy (non-hydrogen) atoms. The molecule has 1 amide bonds. The Labute approximate surface area is 135 Å². The third kappa shape index (κ3) is 4.52. The minimum absolute atomic E-state index is 0.0409. The van der Waals surface area contributed by atoms with Crippen LogP contribution in [-0.4, -0.2) is 68.0 Å². The molecule has 0 spiro atoms. The predicted octanol–water partition coefficient (Wildman–Crippen LogP) is -0.352. The second-order valence-electron chi connectivity index (χ2n) is 6.10. The molecule has 2 aliphatic rings. The Morgan fingerprint density at radius 1 is 1.30 bits per heavy atom. The van der Waals surface area contributed by atoms with Crippen LogP contribution in [0.5, 0.6) is 0 Å². The summed E-state index contributed by atoms with van der Waals surface area (Å²) in [7, 11) is -3.42. The molecule has 1 saturated carbocycles. The third-order valence-corrected chi connectivity index (χ3v) is 6.02. The van der Waals surface area contributed by atoms with E-state index in [1.807, 2.05) is 0 Å². The topological polar surface area (TPSA) is 95.8 Å². The highest BCUT2D eigenvalue weighted by Crippen LogP contribution is 2.27. The van der Waals surface area contributed by atoms with E-state index < -0.39 is 10.0 Å². The van der Waals surface area contributed by atoms with E-state index in [0.29, 0.717) is 38.4 Å². The second-order valence-corrected chi connectivity index (χ2v) is 8.07. The Morgan fingerprint density at radius 2 is 2.04 bits per heavy atom. The van der Waals surface area contributed by atoms with Crippen molar-refractivity contribution in [2.75, 3.05) is 39.3 Å². The standard InChI is InChI=1S/C14H22N4O4S/c19-14(10-15-9-12-1-2-12)17-4-6-18(7-5-17)23(20,21)11-13-3-8-22-16-13/h3,8,12,15H,1-2,4-7,9-11H2. The quantitative estimate of drug-likeness (QED) is 0.727. The SMILES string of the molecule is O=C(CNCC1CC1)N1CCN(S(=O)(=O)Cc2ccon2)CC1. The Bertz CT molecular complexity index is 619. The Kier molecular flexibility index (Phi) is 4.98. The van der Waals surface area contributed by atoms with Gasteiger partial charge in [0.1, 0.15) is 12.0 Å². The predicted molar refractivity (Wildman–Crippen MR) is 82.9 cm³/mol. The van der Waals surface area contributed by atoms with Crippen LogP contribution in [0.15, 0.2) is 16.9 Å². The van der Waals surface area contributed by atoms with Gasteiger partial charge in [-0.1, -0.05) is 5.16 Å². The van der Waals surface area contributed by atoms with Gasteiger partial charge in [0.2, 0.25) is 15.9 Å². The number of nitrogens with one attached hydrogen (secondary N) is 1. The first kappa shape index (κ1) is 16.4. The van der Waals surface area contributed by atoms with Crippen molar-refractivity contribution in [2.24, 2.45) is 5.92 Å². The van der Waals surface area contributed by atoms with Crippen LogP contribution in [0.3, 0.4) is 0 Å². The number of piperazine rings is 1. The number of sulfonamides is 1. The fraction of sp³-hybridized carbons (Fsp3) is 0.714. The Morgan fingerprint density at radius 3 is 2.65 bits per heavy atom. The maximum absolute atomic E-state index is 12.3. The van der Waals surface area contributed by atoms with Crippen molar-refractivity contribution in [1.29, 1.82) is 0 Å². The monoisotopic (exact) mass is 342 g/mol. The van der Waals surface area contributed by atoms with E-state index in [4.69, 9.17) is 0 Å². The fourth-order valence-electron chi connectivity index (χ4n) is 2.62. The van der Waals surface area contributed by atoms with E-state index in [2.05, 4.69) is 15.0 Å². The molecule has 1 saturated heterocycles. The van der Waals surface area contributed by atoms with Gasteiger partial charge in [0.05, 0.1) is 12.2 Å². The van der Waals surface area contributed by atoms with Gasteiger partial charge in [-0.25, -0.2) is 8.42 Å². The lowest BCUT2D eigenvalue weighted by Gasteiger charge is -2.34. The Hall–Kier alpha value is -1.45. The van der Waals surface area contributed by atoms with E-state index >= 15 is 0 Å². The normalized spacial score (nSPS) is 19.9. The van der Waals surface area contributed by atoms with Crippen molar-refractivity contribution in [3.05, 3.63) is 18.0 Å². The number of carbonyl (C=O) groups is 1. The molecule has 0 unspecified atom stereocenters. The third-order valence-electron chi connectivity index (χ3n) is 4.21. The van der Waals surface area contributed by atoms with Crippen LogP contribution in [0, 0.1) is 5.92 Å². The van der Waals surface area contributed by atoms with Gasteiger partial charge in [-0.15, -0.1) is 0 Å². The molecule has 1 aromatic heterocycles. The zero-order chi connectivity index (χ0) is 16.3. The lowest BCUT2D eigenvalue weighted by atomic mass is 10.3. The van der Waals surface area contributed by atoms with Gasteiger partial charge in [-0.05, 0) is 25.3 Å². The molecule has 9 heteroatoms. The summed E-state index contributed by atoms with van der Waals surface area (Å²) in [5.41, 5.74) is 0.396. The van der Waals surface area contributed by atoms with Crippen LogP contribution in [0.4, 0.5) is 0 Å². The van der Waals surface area contributed by atoms with Crippen molar-refractivity contribution < 1.29 is 17.7 Å². The summed E-state index contributed by atoms with van der Waals surface area (Å²) in [6.45, 7) is 2.76. The molecule has 128 valence electrons. The summed E-state index contributed by atoms with van der Waals surface area (Å²) in [6, 6.07) is 1.54. The van der Waals surface area contributed by atoms with E-state index in [0.717, 1.165) is 12.5 Å². The van der Waals surface area contributed by atoms with Crippen molar-refractivity contribution in [3.8, 4) is 0 Å². The van der Waals surface area contributed by atoms with Crippen LogP contribution in [0.2, 0.25) is 0 Å². The molecule has 3 rings (SSSR count). The van der Waals surface area contributed by atoms with Gasteiger partial charge in [-0.3, -0.25) is 4.79 Å². The molecular weight excluding hydrogens is 320 g/mol. The highest BCUT2D eigenvalue weighted by atomic mass is 32.2. The molecule has 8 nitrogen and oxygen atoms in total. The van der Waals surface area contributed by atoms with Crippen LogP contribution >= 0.6 is 0 Å². The first-order valence-electron chi connectivity index (χ1n) is 7.90. The lowest BCUT2D eigenvalue weighted by molar-refractivity contribution is -0.131. The van der Waals surface area contributed by atoms with Crippen molar-refractivity contribution >= 4 is 15.9 Å². The lowest BCUT2D eigenvalue weighted by Crippen LogP contribution is -2.52. The smallest absolute Gasteiger partial charge is 0.236 e. The van der Waals surface area contributed by atoms with Crippen LogP contribution < -0.4 is 5.32 Å². The Balaban J connectivity index is 1.44. The number of nitrogens with zero attached hydrogens (tertiary/aromatic N) is 3. The van der Waals surface area contributed by atoms with E-state index in [9.17, 15) is 13.2 Å². The van der Waals surface area contributed by atoms with E-state index in [-0.39, 0.29) is 11.7 Å². The van der Waals surface area contributed by atoms with Crippen LogP contribution in [0.1, 0.15) is 18.5 Å². The number of hydrogen-bond donors (Lipinski definition) is 1. The highest BCUT2D eigenvalue weighted by molar-refractivity contribution is 7.88. The molecule has 0 atom stereocenters. The molecule has 1 aliphatic heterocycles. The maximum atomic E-state index is 12.3. The molecule has 1 aliphatic carbocycles. The average molecular weight is 342 g/mol. The summed E-state index contributed by atoms with van der Waals surface area (Å²) in [5, 5.41) is 6.81. The zero-order valence-electron chi connectivity index (χ0n) is 13.0. The van der Waals surface area contributed by atoms with Gasteiger partial charge in [0, 0.05) is 32.2 Å². The first-order valence-corrected chi connectivity index (χ1v) is 9.51. The van der Waals surface area contributed by atoms with Crippen LogP contribution in [-0.2, 0) is 20.6 Å². The molecule has 2 fully saturated rings. The van der Waals surface area contributed by atoms with Crippen molar-refractivity contribution in [1.82, 2.24) is 19.7 Å². The van der Waals surface area contributed by atoms with Gasteiger partial charge >= 0.3 is 0 Å². The molecule has 1 N–H and O–H groups in total. The molecule has 0 bridgehead atoms. The van der Waals surface area contributed by atoms with E-state index in [1.165, 1.54) is 23.4 Å². The summed E-state index contributed by atoms with van der Waals surface area (Å²) >= 11 is 0. The number of hydrogen-bond acceptors (Lipinski definition) is 6. The van der Waals surface area contributed by atoms with Gasteiger partial charge in [-0.2, -0.15) is 4.31 Å². The van der Waals surface area contributed by atoms with Crippen LogP contribution in [0.25, 0.3) is 0 Å². The second kappa shape index (κ2) is 6.98. The maximum Gasteiger partial charge on any atom is 0.236 e. The molecular formula is C14H22N4O4S. The summed E-state index contributed by atoms with van der Waals surface area (Å²) in [5.74, 6) is 0.612. The van der Waals surface area contributed by atoms with Crippen molar-refractivity contribution in [2.45, 2.75) is 18.6 Å². The van der Waals surface area contributed by atoms with Gasteiger partial charge in [0.15, 0.2) is 0 Å². The molecule has 0 aromatic carbocycles. The van der Waals surface area contributed by atoms with Gasteiger partial charge in [0.25, 0.3) is 0 Å². The molecule has 1 aromatic rings. The number of rotatable bonds is 7. The summed E-state index contributed by atoms with van der Waals surface area (Å²) in [6.07, 6.45) is 3.86. The summed E-state index contributed by atoms with van der Waals surface area (Å²) in [4.78, 5) is 13.8. The average Bonchev–Trinajstić information content (AvgIpc) is 3.22. The number of aromatic nitrogens is 1. The highest BCUT2D eigenvalue weighted by Gasteiger charge is 2.29. The summed E-state index contributed by atoms with van der Waals surface area (Å²) < 4.78 is 30.7.